The average molecular weight is 326 g/mol. The molecule has 1 heterocycles. The molecule has 1 aliphatic heterocycles. The third kappa shape index (κ3) is 5.06. The van der Waals surface area contributed by atoms with Gasteiger partial charge in [0, 0.05) is 45.0 Å². The normalized spacial score (nSPS) is 23.6. The number of methoxy groups -OCH3 is 1. The van der Waals surface area contributed by atoms with Crippen LogP contribution in [0.4, 0.5) is 10.1 Å². The summed E-state index contributed by atoms with van der Waals surface area (Å²) in [4.78, 5) is 4.06. The first-order valence-electron chi connectivity index (χ1n) is 7.99. The number of ether oxygens (including phenoxy) is 2. The quantitative estimate of drug-likeness (QED) is 0.863. The molecule has 6 heteroatoms. The van der Waals surface area contributed by atoms with Crippen LogP contribution in [-0.4, -0.2) is 68.7 Å². The van der Waals surface area contributed by atoms with Crippen LogP contribution in [0.15, 0.2) is 18.2 Å². The summed E-state index contributed by atoms with van der Waals surface area (Å²) in [5, 5.41) is 10.3. The minimum absolute atomic E-state index is 0.180. The van der Waals surface area contributed by atoms with E-state index in [4.69, 9.17) is 9.47 Å². The van der Waals surface area contributed by atoms with Gasteiger partial charge in [0.1, 0.15) is 0 Å². The molecule has 0 saturated carbocycles. The van der Waals surface area contributed by atoms with Crippen molar-refractivity contribution in [1.29, 1.82) is 0 Å². The lowest BCUT2D eigenvalue weighted by molar-refractivity contribution is -0.0758. The lowest BCUT2D eigenvalue weighted by Crippen LogP contribution is -2.49. The highest BCUT2D eigenvalue weighted by Crippen LogP contribution is 2.23. The fourth-order valence-corrected chi connectivity index (χ4v) is 3.10. The van der Waals surface area contributed by atoms with Crippen molar-refractivity contribution >= 4 is 5.69 Å². The van der Waals surface area contributed by atoms with Crippen LogP contribution in [0.5, 0.6) is 5.75 Å². The van der Waals surface area contributed by atoms with Gasteiger partial charge in [0.15, 0.2) is 11.6 Å². The van der Waals surface area contributed by atoms with Crippen LogP contribution in [0.25, 0.3) is 0 Å². The highest BCUT2D eigenvalue weighted by Gasteiger charge is 2.24. The standard InChI is InChI=1S/C17H27FN2O3/c1-12-8-20(9-13(2)23-12)11-15(21)10-19(3)14-5-6-17(22-4)16(18)7-14/h5-7,12-13,15,21H,8-11H2,1-4H3. The van der Waals surface area contributed by atoms with Gasteiger partial charge in [-0.05, 0) is 26.0 Å². The molecule has 1 N–H and O–H groups in total. The number of hydrogen-bond acceptors (Lipinski definition) is 5. The van der Waals surface area contributed by atoms with Gasteiger partial charge in [-0.15, -0.1) is 0 Å². The molecule has 23 heavy (non-hydrogen) atoms. The maximum Gasteiger partial charge on any atom is 0.167 e. The number of likely N-dealkylation sites (N-methyl/N-ethyl adjacent to an activating group) is 1. The van der Waals surface area contributed by atoms with E-state index in [9.17, 15) is 9.50 Å². The van der Waals surface area contributed by atoms with Gasteiger partial charge in [-0.1, -0.05) is 0 Å². The van der Waals surface area contributed by atoms with Gasteiger partial charge >= 0.3 is 0 Å². The first-order valence-corrected chi connectivity index (χ1v) is 7.99. The van der Waals surface area contributed by atoms with Crippen LogP contribution in [-0.2, 0) is 4.74 Å². The predicted molar refractivity (Wildman–Crippen MR) is 88.7 cm³/mol. The smallest absolute Gasteiger partial charge is 0.167 e. The number of rotatable bonds is 6. The monoisotopic (exact) mass is 326 g/mol. The Balaban J connectivity index is 1.89. The van der Waals surface area contributed by atoms with Crippen molar-refractivity contribution in [3.8, 4) is 5.75 Å². The van der Waals surface area contributed by atoms with E-state index in [0.717, 1.165) is 13.1 Å². The minimum Gasteiger partial charge on any atom is -0.494 e. The summed E-state index contributed by atoms with van der Waals surface area (Å²) in [7, 11) is 3.28. The molecule has 1 saturated heterocycles. The van der Waals surface area contributed by atoms with E-state index < -0.39 is 11.9 Å². The predicted octanol–water partition coefficient (Wildman–Crippen LogP) is 1.74. The Labute approximate surface area is 137 Å². The zero-order chi connectivity index (χ0) is 17.0. The van der Waals surface area contributed by atoms with Gasteiger partial charge in [0.2, 0.25) is 0 Å². The molecule has 0 amide bonds. The topological polar surface area (TPSA) is 45.2 Å². The molecule has 0 aliphatic carbocycles. The summed E-state index contributed by atoms with van der Waals surface area (Å²) in [6, 6.07) is 4.80. The van der Waals surface area contributed by atoms with Crippen molar-refractivity contribution in [1.82, 2.24) is 4.90 Å². The SMILES string of the molecule is COc1ccc(N(C)CC(O)CN2CC(C)OC(C)C2)cc1F. The average Bonchev–Trinajstić information content (AvgIpc) is 2.45. The maximum atomic E-state index is 13.8. The van der Waals surface area contributed by atoms with Crippen LogP contribution in [0, 0.1) is 5.82 Å². The Kier molecular flexibility index (Phi) is 6.21. The van der Waals surface area contributed by atoms with Crippen molar-refractivity contribution in [2.24, 2.45) is 0 Å². The van der Waals surface area contributed by atoms with Gasteiger partial charge in [-0.2, -0.15) is 0 Å². The Morgan fingerprint density at radius 3 is 2.61 bits per heavy atom. The molecule has 1 aliphatic rings. The molecule has 3 unspecified atom stereocenters. The van der Waals surface area contributed by atoms with Gasteiger partial charge < -0.3 is 19.5 Å². The number of aliphatic hydroxyl groups excluding tert-OH is 1. The molecule has 0 spiro atoms. The largest absolute Gasteiger partial charge is 0.494 e. The summed E-state index contributed by atoms with van der Waals surface area (Å²) < 4.78 is 24.4. The number of aliphatic hydroxyl groups is 1. The molecule has 130 valence electrons. The molecular weight excluding hydrogens is 299 g/mol. The highest BCUT2D eigenvalue weighted by molar-refractivity contribution is 5.49. The Hall–Kier alpha value is -1.37. The second-order valence-electron chi connectivity index (χ2n) is 6.33. The first-order chi connectivity index (χ1) is 10.9. The van der Waals surface area contributed by atoms with Crippen molar-refractivity contribution in [2.45, 2.75) is 32.2 Å². The minimum atomic E-state index is -0.511. The van der Waals surface area contributed by atoms with Crippen LogP contribution in [0.2, 0.25) is 0 Å². The van der Waals surface area contributed by atoms with E-state index in [1.54, 1.807) is 12.1 Å². The van der Waals surface area contributed by atoms with E-state index in [0.29, 0.717) is 18.8 Å². The number of nitrogens with zero attached hydrogens (tertiary/aromatic N) is 2. The maximum absolute atomic E-state index is 13.8. The molecule has 1 aromatic carbocycles. The summed E-state index contributed by atoms with van der Waals surface area (Å²) in [6.45, 7) is 6.75. The van der Waals surface area contributed by atoms with E-state index in [1.165, 1.54) is 13.2 Å². The molecular formula is C17H27FN2O3. The molecule has 2 rings (SSSR count). The molecule has 1 aromatic rings. The fraction of sp³-hybridized carbons (Fsp3) is 0.647. The number of anilines is 1. The Bertz CT molecular complexity index is 505. The summed E-state index contributed by atoms with van der Waals surface area (Å²) in [5.41, 5.74) is 0.714. The van der Waals surface area contributed by atoms with E-state index in [2.05, 4.69) is 4.90 Å². The zero-order valence-electron chi connectivity index (χ0n) is 14.3. The third-order valence-corrected chi connectivity index (χ3v) is 4.02. The molecule has 1 fully saturated rings. The fourth-order valence-electron chi connectivity index (χ4n) is 3.10. The number of β-amino-alcohol motifs (C(OH)–C–C–N with tert-alkyl or cyclic N) is 1. The van der Waals surface area contributed by atoms with Crippen molar-refractivity contribution in [3.63, 3.8) is 0 Å². The summed E-state index contributed by atoms with van der Waals surface area (Å²) >= 11 is 0. The molecule has 0 bridgehead atoms. The zero-order valence-corrected chi connectivity index (χ0v) is 14.3. The van der Waals surface area contributed by atoms with Crippen molar-refractivity contribution in [3.05, 3.63) is 24.0 Å². The second kappa shape index (κ2) is 7.95. The third-order valence-electron chi connectivity index (χ3n) is 4.02. The van der Waals surface area contributed by atoms with Crippen LogP contribution >= 0.6 is 0 Å². The van der Waals surface area contributed by atoms with Gasteiger partial charge in [-0.25, -0.2) is 4.39 Å². The number of halogens is 1. The Morgan fingerprint density at radius 2 is 2.04 bits per heavy atom. The number of benzene rings is 1. The van der Waals surface area contributed by atoms with Crippen molar-refractivity contribution < 1.29 is 19.0 Å². The lowest BCUT2D eigenvalue weighted by Gasteiger charge is -2.36. The van der Waals surface area contributed by atoms with E-state index in [1.807, 2.05) is 25.8 Å². The van der Waals surface area contributed by atoms with Crippen LogP contribution in [0.3, 0.4) is 0 Å². The summed E-state index contributed by atoms with van der Waals surface area (Å²) in [5.74, 6) is -0.179. The first kappa shape index (κ1) is 18.0. The van der Waals surface area contributed by atoms with E-state index >= 15 is 0 Å². The van der Waals surface area contributed by atoms with Crippen LogP contribution < -0.4 is 9.64 Å². The van der Waals surface area contributed by atoms with Crippen LogP contribution in [0.1, 0.15) is 13.8 Å². The number of hydrogen-bond donors (Lipinski definition) is 1. The number of morpholine rings is 1. The molecule has 0 radical (unpaired) electrons. The summed E-state index contributed by atoms with van der Waals surface area (Å²) in [6.07, 6.45) is -0.151. The molecule has 0 aromatic heterocycles. The van der Waals surface area contributed by atoms with E-state index in [-0.39, 0.29) is 18.0 Å². The second-order valence-corrected chi connectivity index (χ2v) is 6.33. The van der Waals surface area contributed by atoms with Crippen molar-refractivity contribution in [2.75, 3.05) is 45.2 Å². The Morgan fingerprint density at radius 1 is 1.39 bits per heavy atom. The highest BCUT2D eigenvalue weighted by atomic mass is 19.1. The van der Waals surface area contributed by atoms with Gasteiger partial charge in [0.05, 0.1) is 25.4 Å². The van der Waals surface area contributed by atoms with Gasteiger partial charge in [0.25, 0.3) is 0 Å². The lowest BCUT2D eigenvalue weighted by atomic mass is 10.2. The molecule has 5 nitrogen and oxygen atoms in total. The molecule has 3 atom stereocenters. The van der Waals surface area contributed by atoms with Gasteiger partial charge in [-0.3, -0.25) is 4.90 Å².